The SMILES string of the molecule is Cl.NCCCCNC(=O)c1ccc2c(c1)NC(=O)CO2. The van der Waals surface area contributed by atoms with E-state index in [2.05, 4.69) is 10.6 Å². The summed E-state index contributed by atoms with van der Waals surface area (Å²) in [6, 6.07) is 4.98. The number of amides is 2. The van der Waals surface area contributed by atoms with Crippen molar-refractivity contribution in [1.82, 2.24) is 5.32 Å². The molecule has 110 valence electrons. The van der Waals surface area contributed by atoms with Gasteiger partial charge in [-0.2, -0.15) is 0 Å². The Balaban J connectivity index is 0.00000200. The van der Waals surface area contributed by atoms with Gasteiger partial charge >= 0.3 is 0 Å². The van der Waals surface area contributed by atoms with E-state index in [1.165, 1.54) is 0 Å². The number of hydrogen-bond donors (Lipinski definition) is 3. The van der Waals surface area contributed by atoms with Crippen molar-refractivity contribution in [1.29, 1.82) is 0 Å². The average molecular weight is 300 g/mol. The molecule has 20 heavy (non-hydrogen) atoms. The Hall–Kier alpha value is -1.79. The van der Waals surface area contributed by atoms with E-state index in [4.69, 9.17) is 10.5 Å². The second kappa shape index (κ2) is 7.72. The number of fused-ring (bicyclic) bond motifs is 1. The van der Waals surface area contributed by atoms with Crippen LogP contribution in [0.5, 0.6) is 5.75 Å². The third-order valence-electron chi connectivity index (χ3n) is 2.79. The molecule has 0 saturated heterocycles. The maximum Gasteiger partial charge on any atom is 0.262 e. The van der Waals surface area contributed by atoms with Crippen LogP contribution in [0.15, 0.2) is 18.2 Å². The zero-order valence-corrected chi connectivity index (χ0v) is 11.8. The number of nitrogens with two attached hydrogens (primary N) is 1. The lowest BCUT2D eigenvalue weighted by atomic mass is 10.1. The molecule has 4 N–H and O–H groups in total. The third-order valence-corrected chi connectivity index (χ3v) is 2.79. The molecular weight excluding hydrogens is 282 g/mol. The molecule has 0 unspecified atom stereocenters. The normalized spacial score (nSPS) is 12.6. The number of benzene rings is 1. The molecule has 0 fully saturated rings. The van der Waals surface area contributed by atoms with Crippen molar-refractivity contribution in [3.05, 3.63) is 23.8 Å². The van der Waals surface area contributed by atoms with E-state index >= 15 is 0 Å². The Morgan fingerprint density at radius 3 is 2.95 bits per heavy atom. The number of hydrogen-bond acceptors (Lipinski definition) is 4. The molecule has 7 heteroatoms. The first-order chi connectivity index (χ1) is 9.20. The summed E-state index contributed by atoms with van der Waals surface area (Å²) in [5.41, 5.74) is 6.41. The molecule has 6 nitrogen and oxygen atoms in total. The molecule has 0 bridgehead atoms. The quantitative estimate of drug-likeness (QED) is 0.704. The summed E-state index contributed by atoms with van der Waals surface area (Å²) < 4.78 is 5.23. The maximum atomic E-state index is 11.9. The second-order valence-electron chi connectivity index (χ2n) is 4.30. The lowest BCUT2D eigenvalue weighted by Gasteiger charge is -2.18. The van der Waals surface area contributed by atoms with Gasteiger partial charge in [-0.3, -0.25) is 9.59 Å². The summed E-state index contributed by atoms with van der Waals surface area (Å²) in [4.78, 5) is 23.1. The fourth-order valence-electron chi connectivity index (χ4n) is 1.80. The monoisotopic (exact) mass is 299 g/mol. The van der Waals surface area contributed by atoms with Crippen molar-refractivity contribution < 1.29 is 14.3 Å². The summed E-state index contributed by atoms with van der Waals surface area (Å²) in [7, 11) is 0. The second-order valence-corrected chi connectivity index (χ2v) is 4.30. The number of carbonyl (C=O) groups excluding carboxylic acids is 2. The van der Waals surface area contributed by atoms with E-state index < -0.39 is 0 Å². The fraction of sp³-hybridized carbons (Fsp3) is 0.385. The Morgan fingerprint density at radius 2 is 2.20 bits per heavy atom. The van der Waals surface area contributed by atoms with E-state index in [1.807, 2.05) is 0 Å². The molecule has 0 aromatic heterocycles. The van der Waals surface area contributed by atoms with Crippen molar-refractivity contribution in [3.8, 4) is 5.75 Å². The van der Waals surface area contributed by atoms with Crippen LogP contribution in [-0.2, 0) is 4.79 Å². The number of halogens is 1. The highest BCUT2D eigenvalue weighted by atomic mass is 35.5. The first-order valence-corrected chi connectivity index (χ1v) is 6.25. The molecule has 1 aromatic carbocycles. The predicted octanol–water partition coefficient (Wildman–Crippen LogP) is 0.908. The molecule has 1 aliphatic rings. The van der Waals surface area contributed by atoms with E-state index in [-0.39, 0.29) is 30.8 Å². The first-order valence-electron chi connectivity index (χ1n) is 6.25. The molecule has 0 aliphatic carbocycles. The van der Waals surface area contributed by atoms with Crippen molar-refractivity contribution in [3.63, 3.8) is 0 Å². The van der Waals surface area contributed by atoms with Crippen molar-refractivity contribution in [2.45, 2.75) is 12.8 Å². The van der Waals surface area contributed by atoms with Gasteiger partial charge in [0, 0.05) is 12.1 Å². The number of rotatable bonds is 5. The molecule has 2 amide bonds. The van der Waals surface area contributed by atoms with E-state index in [0.717, 1.165) is 12.8 Å². The minimum absolute atomic E-state index is 0. The molecule has 1 aromatic rings. The largest absolute Gasteiger partial charge is 0.482 e. The minimum atomic E-state index is -0.215. The maximum absolute atomic E-state index is 11.9. The van der Waals surface area contributed by atoms with Crippen LogP contribution in [0.3, 0.4) is 0 Å². The average Bonchev–Trinajstić information content (AvgIpc) is 2.42. The molecule has 0 spiro atoms. The van der Waals surface area contributed by atoms with Crippen LogP contribution >= 0.6 is 12.4 Å². The Bertz CT molecular complexity index is 494. The zero-order valence-electron chi connectivity index (χ0n) is 11.0. The smallest absolute Gasteiger partial charge is 0.262 e. The third kappa shape index (κ3) is 4.11. The molecule has 1 aliphatic heterocycles. The topological polar surface area (TPSA) is 93.5 Å². The number of ether oxygens (including phenoxy) is 1. The van der Waals surface area contributed by atoms with Crippen LogP contribution in [0.4, 0.5) is 5.69 Å². The van der Waals surface area contributed by atoms with Crippen LogP contribution in [0.25, 0.3) is 0 Å². The molecule has 0 atom stereocenters. The number of unbranched alkanes of at least 4 members (excludes halogenated alkanes) is 1. The molecule has 2 rings (SSSR count). The summed E-state index contributed by atoms with van der Waals surface area (Å²) in [5, 5.41) is 5.47. The van der Waals surface area contributed by atoms with Gasteiger partial charge in [0.2, 0.25) is 0 Å². The van der Waals surface area contributed by atoms with Crippen molar-refractivity contribution in [2.75, 3.05) is 25.0 Å². The predicted molar refractivity (Wildman–Crippen MR) is 78.4 cm³/mol. The van der Waals surface area contributed by atoms with E-state index in [0.29, 0.717) is 30.1 Å². The molecule has 1 heterocycles. The van der Waals surface area contributed by atoms with Gasteiger partial charge in [0.25, 0.3) is 11.8 Å². The Labute approximate surface area is 123 Å². The number of nitrogens with one attached hydrogen (secondary N) is 2. The fourth-order valence-corrected chi connectivity index (χ4v) is 1.80. The summed E-state index contributed by atoms with van der Waals surface area (Å²) >= 11 is 0. The van der Waals surface area contributed by atoms with Gasteiger partial charge in [-0.15, -0.1) is 12.4 Å². The summed E-state index contributed by atoms with van der Waals surface area (Å²) in [6.07, 6.45) is 1.74. The minimum Gasteiger partial charge on any atom is -0.482 e. The van der Waals surface area contributed by atoms with Gasteiger partial charge in [-0.25, -0.2) is 0 Å². The highest BCUT2D eigenvalue weighted by Gasteiger charge is 2.17. The van der Waals surface area contributed by atoms with Crippen LogP contribution in [0, 0.1) is 0 Å². The van der Waals surface area contributed by atoms with Crippen molar-refractivity contribution >= 4 is 29.9 Å². The van der Waals surface area contributed by atoms with E-state index in [1.54, 1.807) is 18.2 Å². The molecule has 0 saturated carbocycles. The Morgan fingerprint density at radius 1 is 1.40 bits per heavy atom. The van der Waals surface area contributed by atoms with Gasteiger partial charge in [0.05, 0.1) is 5.69 Å². The lowest BCUT2D eigenvalue weighted by molar-refractivity contribution is -0.118. The molecular formula is C13H18ClN3O3. The highest BCUT2D eigenvalue weighted by Crippen LogP contribution is 2.28. The van der Waals surface area contributed by atoms with E-state index in [9.17, 15) is 9.59 Å². The summed E-state index contributed by atoms with van der Waals surface area (Å²) in [5.74, 6) is 0.201. The van der Waals surface area contributed by atoms with Gasteiger partial charge in [-0.1, -0.05) is 0 Å². The van der Waals surface area contributed by atoms with Gasteiger partial charge in [-0.05, 0) is 37.6 Å². The van der Waals surface area contributed by atoms with Gasteiger partial charge in [0.15, 0.2) is 6.61 Å². The van der Waals surface area contributed by atoms with Crippen LogP contribution in [0.1, 0.15) is 23.2 Å². The number of anilines is 1. The Kier molecular flexibility index (Phi) is 6.27. The van der Waals surface area contributed by atoms with Crippen molar-refractivity contribution in [2.24, 2.45) is 5.73 Å². The molecule has 0 radical (unpaired) electrons. The van der Waals surface area contributed by atoms with Crippen LogP contribution in [-0.4, -0.2) is 31.5 Å². The number of carbonyl (C=O) groups is 2. The van der Waals surface area contributed by atoms with Gasteiger partial charge in [0.1, 0.15) is 5.75 Å². The standard InChI is InChI=1S/C13H17N3O3.ClH/c14-5-1-2-6-15-13(18)9-3-4-11-10(7-9)16-12(17)8-19-11;/h3-4,7H,1-2,5-6,8,14H2,(H,15,18)(H,16,17);1H. The van der Waals surface area contributed by atoms with Gasteiger partial charge < -0.3 is 21.1 Å². The highest BCUT2D eigenvalue weighted by molar-refractivity contribution is 5.99. The van der Waals surface area contributed by atoms with Crippen LogP contribution in [0.2, 0.25) is 0 Å². The summed E-state index contributed by atoms with van der Waals surface area (Å²) in [6.45, 7) is 1.23. The lowest BCUT2D eigenvalue weighted by Crippen LogP contribution is -2.27. The first kappa shape index (κ1) is 16.3. The van der Waals surface area contributed by atoms with Crippen LogP contribution < -0.4 is 21.1 Å². The zero-order chi connectivity index (χ0) is 13.7.